The van der Waals surface area contributed by atoms with Crippen molar-refractivity contribution < 1.29 is 22.7 Å². The smallest absolute Gasteiger partial charge is 0.414 e. The van der Waals surface area contributed by atoms with Gasteiger partial charge < -0.3 is 9.64 Å². The third-order valence-electron chi connectivity index (χ3n) is 6.74. The van der Waals surface area contributed by atoms with Crippen molar-refractivity contribution in [2.75, 3.05) is 27.9 Å². The fourth-order valence-electron chi connectivity index (χ4n) is 5.05. The first-order valence-electron chi connectivity index (χ1n) is 11.4. The van der Waals surface area contributed by atoms with E-state index in [4.69, 9.17) is 4.74 Å². The molecule has 2 aliphatic heterocycles. The Labute approximate surface area is 193 Å². The van der Waals surface area contributed by atoms with Crippen molar-refractivity contribution in [3.05, 3.63) is 30.6 Å². The van der Waals surface area contributed by atoms with Crippen molar-refractivity contribution in [2.45, 2.75) is 57.7 Å². The van der Waals surface area contributed by atoms with Gasteiger partial charge in [-0.3, -0.25) is 14.4 Å². The summed E-state index contributed by atoms with van der Waals surface area (Å²) in [6.07, 6.45) is 7.00. The van der Waals surface area contributed by atoms with Gasteiger partial charge in [-0.25, -0.2) is 13.2 Å². The molecule has 1 saturated carbocycles. The summed E-state index contributed by atoms with van der Waals surface area (Å²) >= 11 is 0. The molecule has 0 spiro atoms. The number of carbonyl (C=O) groups is 2. The maximum atomic E-state index is 13.1. The van der Waals surface area contributed by atoms with Crippen LogP contribution >= 0.6 is 0 Å². The van der Waals surface area contributed by atoms with Gasteiger partial charge in [0, 0.05) is 25.2 Å². The first-order valence-corrected chi connectivity index (χ1v) is 13.2. The maximum Gasteiger partial charge on any atom is 0.414 e. The minimum atomic E-state index is -2.95. The summed E-state index contributed by atoms with van der Waals surface area (Å²) in [6.45, 7) is 3.79. The van der Waals surface area contributed by atoms with E-state index in [1.54, 1.807) is 20.7 Å². The number of carbonyl (C=O) groups excluding carboxylic acids is 2. The standard InChI is InChI=1S/C23H28N4O5S/c1-15-11-25(23(29)32-20-5-3-4-6-20)22-9-17(7-8-21(22)27(15)16(2)28)18-10-24-26(12-18)19-13-33(30,31)14-19/h7-10,12,15,19-20H,3-6,11,13-14H2,1-2H3/t15-/m0/s1. The molecule has 1 atom stereocenters. The minimum Gasteiger partial charge on any atom is -0.446 e. The molecule has 0 unspecified atom stereocenters. The quantitative estimate of drug-likeness (QED) is 0.680. The van der Waals surface area contributed by atoms with Crippen molar-refractivity contribution in [1.29, 1.82) is 0 Å². The first-order chi connectivity index (χ1) is 15.7. The number of rotatable bonds is 3. The van der Waals surface area contributed by atoms with Crippen LogP contribution in [-0.2, 0) is 19.4 Å². The predicted octanol–water partition coefficient (Wildman–Crippen LogP) is 3.16. The van der Waals surface area contributed by atoms with Crippen LogP contribution in [0.2, 0.25) is 0 Å². The van der Waals surface area contributed by atoms with E-state index in [9.17, 15) is 18.0 Å². The van der Waals surface area contributed by atoms with E-state index in [1.807, 2.05) is 31.3 Å². The van der Waals surface area contributed by atoms with E-state index in [1.165, 1.54) is 6.92 Å². The number of anilines is 2. The third-order valence-corrected chi connectivity index (χ3v) is 8.53. The third kappa shape index (κ3) is 4.12. The van der Waals surface area contributed by atoms with E-state index in [0.29, 0.717) is 17.9 Å². The summed E-state index contributed by atoms with van der Waals surface area (Å²) in [6, 6.07) is 5.30. The van der Waals surface area contributed by atoms with Crippen molar-refractivity contribution in [3.63, 3.8) is 0 Å². The SMILES string of the molecule is CC(=O)N1c2ccc(-c3cnn(C4CS(=O)(=O)C4)c3)cc2N(C(=O)OC2CCCC2)C[C@@H]1C. The molecule has 2 amide bonds. The molecule has 1 aromatic carbocycles. The second kappa shape index (κ2) is 8.16. The van der Waals surface area contributed by atoms with Gasteiger partial charge in [0.15, 0.2) is 9.84 Å². The molecular weight excluding hydrogens is 444 g/mol. The summed E-state index contributed by atoms with van der Waals surface area (Å²) in [4.78, 5) is 28.8. The molecule has 0 bridgehead atoms. The number of amides is 2. The van der Waals surface area contributed by atoms with Crippen molar-refractivity contribution in [1.82, 2.24) is 9.78 Å². The van der Waals surface area contributed by atoms with Gasteiger partial charge >= 0.3 is 6.09 Å². The van der Waals surface area contributed by atoms with Crippen LogP contribution in [0.15, 0.2) is 30.6 Å². The lowest BCUT2D eigenvalue weighted by molar-refractivity contribution is -0.117. The van der Waals surface area contributed by atoms with Gasteiger partial charge in [0.05, 0.1) is 41.2 Å². The minimum absolute atomic E-state index is 0.0535. The highest BCUT2D eigenvalue weighted by Crippen LogP contribution is 2.40. The normalized spacial score (nSPS) is 22.7. The first kappa shape index (κ1) is 21.9. The topological polar surface area (TPSA) is 102 Å². The zero-order valence-corrected chi connectivity index (χ0v) is 19.6. The molecular formula is C23H28N4O5S. The van der Waals surface area contributed by atoms with Gasteiger partial charge in [0.2, 0.25) is 5.91 Å². The lowest BCUT2D eigenvalue weighted by atomic mass is 10.0. The highest BCUT2D eigenvalue weighted by molar-refractivity contribution is 7.92. The van der Waals surface area contributed by atoms with Crippen molar-refractivity contribution >= 4 is 33.2 Å². The number of ether oxygens (including phenoxy) is 1. The lowest BCUT2D eigenvalue weighted by Gasteiger charge is -2.40. The Kier molecular flexibility index (Phi) is 5.43. The van der Waals surface area contributed by atoms with Gasteiger partial charge in [0.25, 0.3) is 0 Å². The Morgan fingerprint density at radius 2 is 1.82 bits per heavy atom. The van der Waals surface area contributed by atoms with Gasteiger partial charge in [-0.2, -0.15) is 5.10 Å². The second-order valence-corrected chi connectivity index (χ2v) is 11.4. The van der Waals surface area contributed by atoms with Crippen LogP contribution in [0, 0.1) is 0 Å². The molecule has 2 aromatic rings. The van der Waals surface area contributed by atoms with E-state index in [0.717, 1.165) is 36.8 Å². The molecule has 1 saturated heterocycles. The number of nitrogens with zero attached hydrogens (tertiary/aromatic N) is 4. The van der Waals surface area contributed by atoms with Crippen molar-refractivity contribution in [3.8, 4) is 11.1 Å². The van der Waals surface area contributed by atoms with Gasteiger partial charge in [0.1, 0.15) is 6.10 Å². The van der Waals surface area contributed by atoms with Crippen LogP contribution in [0.1, 0.15) is 45.6 Å². The van der Waals surface area contributed by atoms with E-state index in [-0.39, 0.29) is 41.7 Å². The average Bonchev–Trinajstić information content (AvgIpc) is 3.42. The average molecular weight is 473 g/mol. The number of hydrogen-bond donors (Lipinski definition) is 0. The number of benzene rings is 1. The summed E-state index contributed by atoms with van der Waals surface area (Å²) in [5.74, 6) is 0.120. The Morgan fingerprint density at radius 1 is 1.09 bits per heavy atom. The Balaban J connectivity index is 1.47. The predicted molar refractivity (Wildman–Crippen MR) is 124 cm³/mol. The van der Waals surface area contributed by atoms with Crippen molar-refractivity contribution in [2.24, 2.45) is 0 Å². The monoisotopic (exact) mass is 472 g/mol. The molecule has 3 heterocycles. The summed E-state index contributed by atoms with van der Waals surface area (Å²) in [5, 5.41) is 4.35. The van der Waals surface area contributed by atoms with Gasteiger partial charge in [-0.05, 0) is 50.3 Å². The number of sulfone groups is 1. The van der Waals surface area contributed by atoms with Crippen LogP contribution in [0.4, 0.5) is 16.2 Å². The summed E-state index contributed by atoms with van der Waals surface area (Å²) in [5.41, 5.74) is 2.95. The van der Waals surface area contributed by atoms with Gasteiger partial charge in [-0.1, -0.05) is 6.07 Å². The number of fused-ring (bicyclic) bond motifs is 1. The van der Waals surface area contributed by atoms with Crippen LogP contribution in [0.25, 0.3) is 11.1 Å². The molecule has 3 aliphatic rings. The molecule has 0 N–H and O–H groups in total. The Hall–Kier alpha value is -2.88. The fourth-order valence-corrected chi connectivity index (χ4v) is 6.43. The fraction of sp³-hybridized carbons (Fsp3) is 0.522. The van der Waals surface area contributed by atoms with E-state index >= 15 is 0 Å². The molecule has 9 nitrogen and oxygen atoms in total. The number of aromatic nitrogens is 2. The highest BCUT2D eigenvalue weighted by Gasteiger charge is 2.37. The lowest BCUT2D eigenvalue weighted by Crippen LogP contribution is -2.51. The molecule has 0 radical (unpaired) electrons. The Morgan fingerprint density at radius 3 is 2.48 bits per heavy atom. The zero-order chi connectivity index (χ0) is 23.3. The van der Waals surface area contributed by atoms with Gasteiger partial charge in [-0.15, -0.1) is 0 Å². The molecule has 1 aromatic heterocycles. The zero-order valence-electron chi connectivity index (χ0n) is 18.8. The van der Waals surface area contributed by atoms with Crippen LogP contribution in [-0.4, -0.2) is 60.4 Å². The van der Waals surface area contributed by atoms with Crippen LogP contribution in [0.5, 0.6) is 0 Å². The largest absolute Gasteiger partial charge is 0.446 e. The second-order valence-electron chi connectivity index (χ2n) is 9.28. The number of hydrogen-bond acceptors (Lipinski definition) is 6. The molecule has 1 aliphatic carbocycles. The molecule has 5 rings (SSSR count). The summed E-state index contributed by atoms with van der Waals surface area (Å²) < 4.78 is 30.5. The summed E-state index contributed by atoms with van der Waals surface area (Å²) in [7, 11) is -2.95. The molecule has 2 fully saturated rings. The van der Waals surface area contributed by atoms with Crippen LogP contribution < -0.4 is 9.80 Å². The van der Waals surface area contributed by atoms with E-state index < -0.39 is 9.84 Å². The van der Waals surface area contributed by atoms with Crippen LogP contribution in [0.3, 0.4) is 0 Å². The maximum absolute atomic E-state index is 13.1. The highest BCUT2D eigenvalue weighted by atomic mass is 32.2. The molecule has 33 heavy (non-hydrogen) atoms. The van der Waals surface area contributed by atoms with E-state index in [2.05, 4.69) is 5.10 Å². The molecule has 10 heteroatoms. The molecule has 176 valence electrons. The Bertz CT molecular complexity index is 1190.